The van der Waals surface area contributed by atoms with Crippen molar-refractivity contribution < 1.29 is 0 Å². The molecule has 1 saturated carbocycles. The summed E-state index contributed by atoms with van der Waals surface area (Å²) < 4.78 is 0. The van der Waals surface area contributed by atoms with Crippen molar-refractivity contribution in [1.29, 1.82) is 0 Å². The van der Waals surface area contributed by atoms with Gasteiger partial charge in [0.15, 0.2) is 0 Å². The molecule has 1 atom stereocenters. The first-order valence-corrected chi connectivity index (χ1v) is 3.98. The van der Waals surface area contributed by atoms with Gasteiger partial charge in [-0.25, -0.2) is 0 Å². The summed E-state index contributed by atoms with van der Waals surface area (Å²) in [7, 11) is 2.28. The van der Waals surface area contributed by atoms with E-state index in [1.54, 1.807) is 0 Å². The fourth-order valence-electron chi connectivity index (χ4n) is 2.06. The third kappa shape index (κ3) is 0.644. The highest BCUT2D eigenvalue weighted by Crippen LogP contribution is 2.50. The molecule has 1 heteroatoms. The fraction of sp³-hybridized carbons (Fsp3) is 1.00. The van der Waals surface area contributed by atoms with Crippen molar-refractivity contribution in [2.45, 2.75) is 44.2 Å². The molecule has 1 unspecified atom stereocenters. The third-order valence-electron chi connectivity index (χ3n) is 3.26. The topological polar surface area (TPSA) is 3.24 Å². The van der Waals surface area contributed by atoms with Gasteiger partial charge in [-0.1, -0.05) is 0 Å². The van der Waals surface area contributed by atoms with Crippen molar-refractivity contribution in [3.63, 3.8) is 0 Å². The lowest BCUT2D eigenvalue weighted by Crippen LogP contribution is -2.31. The van der Waals surface area contributed by atoms with E-state index in [9.17, 15) is 0 Å². The first-order valence-electron chi connectivity index (χ1n) is 3.98. The zero-order valence-electron chi connectivity index (χ0n) is 6.35. The second-order valence-corrected chi connectivity index (χ2v) is 3.72. The number of hydrogen-bond acceptors (Lipinski definition) is 1. The number of nitrogens with zero attached hydrogens (tertiary/aromatic N) is 1. The van der Waals surface area contributed by atoms with Gasteiger partial charge in [-0.15, -0.1) is 0 Å². The van der Waals surface area contributed by atoms with Crippen LogP contribution in [0.5, 0.6) is 0 Å². The minimum atomic E-state index is 0.708. The summed E-state index contributed by atoms with van der Waals surface area (Å²) in [5.74, 6) is 0. The molecule has 1 saturated heterocycles. The average Bonchev–Trinajstić information content (AvgIpc) is 2.57. The molecule has 9 heavy (non-hydrogen) atoms. The molecule has 1 heterocycles. The maximum Gasteiger partial charge on any atom is 0.0211 e. The van der Waals surface area contributed by atoms with Crippen LogP contribution in [-0.2, 0) is 0 Å². The molecule has 1 aliphatic carbocycles. The predicted octanol–water partition coefficient (Wildman–Crippen LogP) is 1.63. The van der Waals surface area contributed by atoms with Gasteiger partial charge in [-0.3, -0.25) is 4.90 Å². The van der Waals surface area contributed by atoms with Crippen LogP contribution >= 0.6 is 0 Å². The van der Waals surface area contributed by atoms with Gasteiger partial charge in [0.05, 0.1) is 0 Å². The van der Waals surface area contributed by atoms with Crippen LogP contribution in [0.25, 0.3) is 0 Å². The molecule has 0 bridgehead atoms. The SMILES string of the molecule is CC1CCC2(CC2)N1C. The molecule has 0 radical (unpaired) electrons. The Kier molecular flexibility index (Phi) is 0.963. The molecule has 1 spiro atoms. The summed E-state index contributed by atoms with van der Waals surface area (Å²) in [6.07, 6.45) is 5.82. The Morgan fingerprint density at radius 2 is 2.00 bits per heavy atom. The van der Waals surface area contributed by atoms with Crippen molar-refractivity contribution in [3.8, 4) is 0 Å². The maximum atomic E-state index is 2.58. The Morgan fingerprint density at radius 1 is 1.33 bits per heavy atom. The molecule has 52 valence electrons. The lowest BCUT2D eigenvalue weighted by Gasteiger charge is -2.22. The van der Waals surface area contributed by atoms with Crippen LogP contribution in [0.4, 0.5) is 0 Å². The third-order valence-corrected chi connectivity index (χ3v) is 3.26. The quantitative estimate of drug-likeness (QED) is 0.475. The Hall–Kier alpha value is -0.0400. The average molecular weight is 125 g/mol. The van der Waals surface area contributed by atoms with Gasteiger partial charge in [0, 0.05) is 11.6 Å². The van der Waals surface area contributed by atoms with E-state index >= 15 is 0 Å². The van der Waals surface area contributed by atoms with E-state index in [1.165, 1.54) is 25.7 Å². The molecule has 1 nitrogen and oxygen atoms in total. The normalized spacial score (nSPS) is 40.0. The maximum absolute atomic E-state index is 2.58. The van der Waals surface area contributed by atoms with Crippen molar-refractivity contribution in [2.24, 2.45) is 0 Å². The van der Waals surface area contributed by atoms with Crippen LogP contribution < -0.4 is 0 Å². The lowest BCUT2D eigenvalue weighted by atomic mass is 10.2. The van der Waals surface area contributed by atoms with E-state index in [1.807, 2.05) is 0 Å². The molecule has 1 aliphatic heterocycles. The van der Waals surface area contributed by atoms with Crippen LogP contribution in [-0.4, -0.2) is 23.5 Å². The van der Waals surface area contributed by atoms with E-state index < -0.39 is 0 Å². The Balaban J connectivity index is 2.13. The Labute approximate surface area is 57.0 Å². The highest BCUT2D eigenvalue weighted by molar-refractivity contribution is 5.08. The van der Waals surface area contributed by atoms with Crippen molar-refractivity contribution in [3.05, 3.63) is 0 Å². The summed E-state index contributed by atoms with van der Waals surface area (Å²) >= 11 is 0. The Bertz CT molecular complexity index is 127. The molecule has 0 amide bonds. The fourth-order valence-corrected chi connectivity index (χ4v) is 2.06. The molecular formula is C8H15N. The first-order chi connectivity index (χ1) is 4.25. The summed E-state index contributed by atoms with van der Waals surface area (Å²) in [5, 5.41) is 0. The molecule has 0 aromatic rings. The standard InChI is InChI=1S/C8H15N/c1-7-3-4-8(5-6-8)9(7)2/h7H,3-6H2,1-2H3. The van der Waals surface area contributed by atoms with Gasteiger partial charge in [0.2, 0.25) is 0 Å². The van der Waals surface area contributed by atoms with Gasteiger partial charge in [-0.2, -0.15) is 0 Å². The van der Waals surface area contributed by atoms with Crippen LogP contribution in [0.2, 0.25) is 0 Å². The van der Waals surface area contributed by atoms with E-state index in [-0.39, 0.29) is 0 Å². The van der Waals surface area contributed by atoms with Crippen molar-refractivity contribution >= 4 is 0 Å². The summed E-state index contributed by atoms with van der Waals surface area (Å²) in [5.41, 5.74) is 0.708. The largest absolute Gasteiger partial charge is 0.298 e. The summed E-state index contributed by atoms with van der Waals surface area (Å²) in [4.78, 5) is 2.58. The zero-order chi connectivity index (χ0) is 6.48. The minimum absolute atomic E-state index is 0.708. The second-order valence-electron chi connectivity index (χ2n) is 3.72. The monoisotopic (exact) mass is 125 g/mol. The van der Waals surface area contributed by atoms with Gasteiger partial charge in [0.1, 0.15) is 0 Å². The smallest absolute Gasteiger partial charge is 0.0211 e. The van der Waals surface area contributed by atoms with Crippen molar-refractivity contribution in [1.82, 2.24) is 4.90 Å². The molecule has 2 fully saturated rings. The lowest BCUT2D eigenvalue weighted by molar-refractivity contribution is 0.236. The van der Waals surface area contributed by atoms with Crippen LogP contribution in [0, 0.1) is 0 Å². The van der Waals surface area contributed by atoms with E-state index in [2.05, 4.69) is 18.9 Å². The number of likely N-dealkylation sites (tertiary alicyclic amines) is 1. The molecular weight excluding hydrogens is 110 g/mol. The van der Waals surface area contributed by atoms with Gasteiger partial charge in [0.25, 0.3) is 0 Å². The summed E-state index contributed by atoms with van der Waals surface area (Å²) in [6.45, 7) is 2.34. The minimum Gasteiger partial charge on any atom is -0.298 e. The molecule has 0 N–H and O–H groups in total. The first kappa shape index (κ1) is 5.72. The van der Waals surface area contributed by atoms with Gasteiger partial charge in [-0.05, 0) is 39.7 Å². The molecule has 0 aromatic heterocycles. The highest BCUT2D eigenvalue weighted by Gasteiger charge is 2.51. The predicted molar refractivity (Wildman–Crippen MR) is 38.4 cm³/mol. The van der Waals surface area contributed by atoms with Crippen LogP contribution in [0.3, 0.4) is 0 Å². The molecule has 0 aromatic carbocycles. The molecule has 2 aliphatic rings. The zero-order valence-corrected chi connectivity index (χ0v) is 6.35. The van der Waals surface area contributed by atoms with Crippen LogP contribution in [0.1, 0.15) is 32.6 Å². The van der Waals surface area contributed by atoms with E-state index in [0.717, 1.165) is 6.04 Å². The number of rotatable bonds is 0. The van der Waals surface area contributed by atoms with E-state index in [4.69, 9.17) is 0 Å². The molecule has 2 rings (SSSR count). The summed E-state index contributed by atoms with van der Waals surface area (Å²) in [6, 6.07) is 0.854. The second kappa shape index (κ2) is 1.51. The van der Waals surface area contributed by atoms with Gasteiger partial charge < -0.3 is 0 Å². The van der Waals surface area contributed by atoms with Gasteiger partial charge >= 0.3 is 0 Å². The van der Waals surface area contributed by atoms with Crippen LogP contribution in [0.15, 0.2) is 0 Å². The number of hydrogen-bond donors (Lipinski definition) is 0. The Morgan fingerprint density at radius 3 is 2.22 bits per heavy atom. The van der Waals surface area contributed by atoms with Crippen molar-refractivity contribution in [2.75, 3.05) is 7.05 Å². The van der Waals surface area contributed by atoms with E-state index in [0.29, 0.717) is 5.54 Å². The highest BCUT2D eigenvalue weighted by atomic mass is 15.2.